The highest BCUT2D eigenvalue weighted by Crippen LogP contribution is 2.25. The molecule has 0 aliphatic carbocycles. The van der Waals surface area contributed by atoms with Gasteiger partial charge < -0.3 is 9.47 Å². The van der Waals surface area contributed by atoms with Gasteiger partial charge in [0.1, 0.15) is 18.0 Å². The van der Waals surface area contributed by atoms with Crippen molar-refractivity contribution >= 4 is 16.0 Å². The summed E-state index contributed by atoms with van der Waals surface area (Å²) in [5, 5.41) is 0. The molecule has 7 heteroatoms. The van der Waals surface area contributed by atoms with Crippen LogP contribution >= 0.6 is 0 Å². The van der Waals surface area contributed by atoms with Crippen LogP contribution in [0.15, 0.2) is 41.3 Å². The smallest absolute Gasteiger partial charge is 0.326 e. The maximum absolute atomic E-state index is 12.5. The van der Waals surface area contributed by atoms with Crippen LogP contribution in [0.25, 0.3) is 0 Å². The summed E-state index contributed by atoms with van der Waals surface area (Å²) >= 11 is 0. The van der Waals surface area contributed by atoms with E-state index in [1.54, 1.807) is 51.1 Å². The molecule has 0 aliphatic rings. The Morgan fingerprint density at radius 1 is 1.04 bits per heavy atom. The van der Waals surface area contributed by atoms with Crippen molar-refractivity contribution in [1.29, 1.82) is 0 Å². The first kappa shape index (κ1) is 19.0. The number of methoxy groups -OCH3 is 1. The van der Waals surface area contributed by atoms with Crippen molar-refractivity contribution in [3.8, 4) is 11.5 Å². The van der Waals surface area contributed by atoms with Gasteiger partial charge in [-0.05, 0) is 55.7 Å². The van der Waals surface area contributed by atoms with Crippen LogP contribution in [-0.4, -0.2) is 28.0 Å². The molecule has 2 aromatic rings. The molecule has 0 spiro atoms. The van der Waals surface area contributed by atoms with Crippen LogP contribution in [0.3, 0.4) is 0 Å². The van der Waals surface area contributed by atoms with Crippen LogP contribution in [0.2, 0.25) is 0 Å². The summed E-state index contributed by atoms with van der Waals surface area (Å²) in [6.07, 6.45) is 0. The minimum Gasteiger partial charge on any atom is -0.497 e. The Kier molecular flexibility index (Phi) is 5.81. The van der Waals surface area contributed by atoms with E-state index >= 15 is 0 Å². The number of sulfonamides is 1. The number of hydrogen-bond acceptors (Lipinski definition) is 5. The van der Waals surface area contributed by atoms with Gasteiger partial charge in [-0.3, -0.25) is 4.79 Å². The second-order valence-electron chi connectivity index (χ2n) is 5.65. The number of ether oxygens (including phenoxy) is 2. The number of para-hydroxylation sites is 1. The normalized spacial score (nSPS) is 11.2. The average molecular weight is 363 g/mol. The summed E-state index contributed by atoms with van der Waals surface area (Å²) in [4.78, 5) is 12.1. The predicted octanol–water partition coefficient (Wildman–Crippen LogP) is 2.50. The van der Waals surface area contributed by atoms with Gasteiger partial charge in [0.05, 0.1) is 12.0 Å². The molecule has 0 saturated heterocycles. The van der Waals surface area contributed by atoms with E-state index in [1.165, 1.54) is 7.11 Å². The molecule has 0 aliphatic heterocycles. The number of nitrogens with one attached hydrogen (secondary N) is 1. The van der Waals surface area contributed by atoms with Crippen molar-refractivity contribution in [2.24, 2.45) is 0 Å². The van der Waals surface area contributed by atoms with E-state index in [-0.39, 0.29) is 4.90 Å². The van der Waals surface area contributed by atoms with Crippen LogP contribution < -0.4 is 14.2 Å². The van der Waals surface area contributed by atoms with Crippen molar-refractivity contribution in [2.45, 2.75) is 25.7 Å². The second kappa shape index (κ2) is 7.67. The van der Waals surface area contributed by atoms with Gasteiger partial charge in [0.15, 0.2) is 0 Å². The van der Waals surface area contributed by atoms with Crippen LogP contribution in [0, 0.1) is 20.8 Å². The van der Waals surface area contributed by atoms with Crippen molar-refractivity contribution in [1.82, 2.24) is 4.72 Å². The molecule has 0 aromatic heterocycles. The number of rotatable bonds is 6. The lowest BCUT2D eigenvalue weighted by atomic mass is 10.1. The van der Waals surface area contributed by atoms with Crippen molar-refractivity contribution < 1.29 is 22.7 Å². The van der Waals surface area contributed by atoms with Crippen LogP contribution in [0.5, 0.6) is 11.5 Å². The van der Waals surface area contributed by atoms with Crippen molar-refractivity contribution in [3.05, 3.63) is 53.1 Å². The molecular weight excluding hydrogens is 342 g/mol. The Labute approximate surface area is 147 Å². The van der Waals surface area contributed by atoms with Crippen LogP contribution in [-0.2, 0) is 14.8 Å². The summed E-state index contributed by atoms with van der Waals surface area (Å²) in [6, 6.07) is 10.3. The van der Waals surface area contributed by atoms with Gasteiger partial charge in [0.2, 0.25) is 10.0 Å². The van der Waals surface area contributed by atoms with E-state index in [0.717, 1.165) is 5.56 Å². The van der Waals surface area contributed by atoms with Gasteiger partial charge >= 0.3 is 5.97 Å². The van der Waals surface area contributed by atoms with Crippen LogP contribution in [0.1, 0.15) is 16.7 Å². The molecule has 1 N–H and O–H groups in total. The first-order chi connectivity index (χ1) is 11.7. The maximum atomic E-state index is 12.5. The Bertz CT molecular complexity index is 867. The van der Waals surface area contributed by atoms with E-state index in [4.69, 9.17) is 9.47 Å². The zero-order valence-electron chi connectivity index (χ0n) is 14.6. The molecule has 0 atom stereocenters. The highest BCUT2D eigenvalue weighted by atomic mass is 32.2. The molecule has 0 unspecified atom stereocenters. The molecule has 0 saturated carbocycles. The molecule has 6 nitrogen and oxygen atoms in total. The first-order valence-electron chi connectivity index (χ1n) is 7.66. The Morgan fingerprint density at radius 2 is 1.64 bits per heavy atom. The lowest BCUT2D eigenvalue weighted by Gasteiger charge is -2.13. The molecule has 0 amide bonds. The largest absolute Gasteiger partial charge is 0.497 e. The minimum atomic E-state index is -3.85. The second-order valence-corrected chi connectivity index (χ2v) is 7.36. The first-order valence-corrected chi connectivity index (χ1v) is 9.14. The molecular formula is C18H21NO5S. The Balaban J connectivity index is 2.12. The van der Waals surface area contributed by atoms with Gasteiger partial charge in [-0.25, -0.2) is 8.42 Å². The van der Waals surface area contributed by atoms with Gasteiger partial charge in [-0.15, -0.1) is 0 Å². The van der Waals surface area contributed by atoms with E-state index < -0.39 is 22.5 Å². The predicted molar refractivity (Wildman–Crippen MR) is 94.5 cm³/mol. The van der Waals surface area contributed by atoms with Crippen molar-refractivity contribution in [2.75, 3.05) is 13.7 Å². The zero-order chi connectivity index (χ0) is 18.6. The summed E-state index contributed by atoms with van der Waals surface area (Å²) in [5.41, 5.74) is 1.87. The zero-order valence-corrected chi connectivity index (χ0v) is 15.4. The van der Waals surface area contributed by atoms with Crippen molar-refractivity contribution in [3.63, 3.8) is 0 Å². The average Bonchev–Trinajstić information content (AvgIpc) is 2.54. The third-order valence-corrected chi connectivity index (χ3v) is 5.37. The number of benzene rings is 2. The molecule has 0 fully saturated rings. The van der Waals surface area contributed by atoms with E-state index in [9.17, 15) is 13.2 Å². The fourth-order valence-corrected chi connectivity index (χ4v) is 3.93. The highest BCUT2D eigenvalue weighted by molar-refractivity contribution is 7.89. The number of carbonyl (C=O) groups is 1. The van der Waals surface area contributed by atoms with E-state index in [1.807, 2.05) is 6.07 Å². The third kappa shape index (κ3) is 4.58. The summed E-state index contributed by atoms with van der Waals surface area (Å²) in [7, 11) is -2.33. The Hall–Kier alpha value is -2.38. The quantitative estimate of drug-likeness (QED) is 0.630. The van der Waals surface area contributed by atoms with E-state index in [2.05, 4.69) is 4.72 Å². The van der Waals surface area contributed by atoms with E-state index in [0.29, 0.717) is 22.6 Å². The third-order valence-electron chi connectivity index (χ3n) is 3.66. The number of esters is 1. The number of carbonyl (C=O) groups excluding carboxylic acids is 1. The molecule has 0 radical (unpaired) electrons. The fraction of sp³-hybridized carbons (Fsp3) is 0.278. The van der Waals surface area contributed by atoms with Gasteiger partial charge in [0.25, 0.3) is 0 Å². The van der Waals surface area contributed by atoms with Gasteiger partial charge in [-0.1, -0.05) is 18.2 Å². The fourth-order valence-electron chi connectivity index (χ4n) is 2.51. The van der Waals surface area contributed by atoms with Gasteiger partial charge in [-0.2, -0.15) is 4.72 Å². The van der Waals surface area contributed by atoms with Gasteiger partial charge in [0, 0.05) is 0 Å². The highest BCUT2D eigenvalue weighted by Gasteiger charge is 2.22. The molecule has 2 aromatic carbocycles. The number of aryl methyl sites for hydroxylation is 3. The van der Waals surface area contributed by atoms with Crippen LogP contribution in [0.4, 0.5) is 0 Å². The lowest BCUT2D eigenvalue weighted by Crippen LogP contribution is -2.32. The standard InChI is InChI=1S/C18H21NO5S/c1-12-7-5-6-8-16(12)24-17(20)11-19-25(21,22)18-13(2)9-15(23-4)10-14(18)3/h5-10,19H,11H2,1-4H3. The lowest BCUT2D eigenvalue weighted by molar-refractivity contribution is -0.133. The SMILES string of the molecule is COc1cc(C)c(S(=O)(=O)NCC(=O)Oc2ccccc2C)c(C)c1. The minimum absolute atomic E-state index is 0.136. The summed E-state index contributed by atoms with van der Waals surface area (Å²) in [6.45, 7) is 4.70. The topological polar surface area (TPSA) is 81.7 Å². The molecule has 0 bridgehead atoms. The summed E-state index contributed by atoms with van der Waals surface area (Å²) < 4.78 is 37.7. The number of hydrogen-bond donors (Lipinski definition) is 1. The molecule has 0 heterocycles. The Morgan fingerprint density at radius 3 is 2.20 bits per heavy atom. The maximum Gasteiger partial charge on any atom is 0.326 e. The molecule has 25 heavy (non-hydrogen) atoms. The molecule has 134 valence electrons. The summed E-state index contributed by atoms with van der Waals surface area (Å²) in [5.74, 6) is 0.304. The molecule has 2 rings (SSSR count). The monoisotopic (exact) mass is 363 g/mol.